The highest BCUT2D eigenvalue weighted by atomic mass is 19.1. The van der Waals surface area contributed by atoms with E-state index in [1.807, 2.05) is 13.0 Å². The van der Waals surface area contributed by atoms with Gasteiger partial charge in [-0.3, -0.25) is 4.98 Å². The fourth-order valence-corrected chi connectivity index (χ4v) is 4.77. The number of imidazole rings is 1. The number of nitrogens with zero attached hydrogens (tertiary/aromatic N) is 4. The van der Waals surface area contributed by atoms with Gasteiger partial charge in [-0.05, 0) is 73.6 Å². The molecule has 0 bridgehead atoms. The Kier molecular flexibility index (Phi) is 6.70. The number of benzene rings is 1. The molecule has 1 aromatic carbocycles. The van der Waals surface area contributed by atoms with E-state index in [1.165, 1.54) is 12.1 Å². The fourth-order valence-electron chi connectivity index (χ4n) is 4.77. The summed E-state index contributed by atoms with van der Waals surface area (Å²) in [6.45, 7) is 2.44. The number of fused-ring (bicyclic) bond motifs is 1. The number of hydrogen-bond donors (Lipinski definition) is 2. The fraction of sp³-hybridized carbons (Fsp3) is 0.346. The van der Waals surface area contributed by atoms with Crippen LogP contribution in [0.15, 0.2) is 48.9 Å². The minimum atomic E-state index is -0.690. The van der Waals surface area contributed by atoms with Gasteiger partial charge in [0.1, 0.15) is 11.6 Å². The van der Waals surface area contributed by atoms with E-state index in [0.717, 1.165) is 36.9 Å². The first kappa shape index (κ1) is 23.3. The molecule has 2 unspecified atom stereocenters. The van der Waals surface area contributed by atoms with Crippen molar-refractivity contribution in [2.45, 2.75) is 51.2 Å². The SMILES string of the molecule is CCOCc1cc(F)c(-c2ccc3cnc(Nc4cnccc4C4CCCC(N)C4)n3n2)c(F)c1. The molecule has 3 N–H and O–H groups in total. The van der Waals surface area contributed by atoms with Crippen LogP contribution in [0.2, 0.25) is 0 Å². The molecule has 7 nitrogen and oxygen atoms in total. The second kappa shape index (κ2) is 10.1. The van der Waals surface area contributed by atoms with Crippen molar-refractivity contribution in [3.63, 3.8) is 0 Å². The van der Waals surface area contributed by atoms with Gasteiger partial charge in [0.25, 0.3) is 0 Å². The third-order valence-electron chi connectivity index (χ3n) is 6.47. The summed E-state index contributed by atoms with van der Waals surface area (Å²) >= 11 is 0. The van der Waals surface area contributed by atoms with Gasteiger partial charge in [-0.25, -0.2) is 13.8 Å². The summed E-state index contributed by atoms with van der Waals surface area (Å²) in [5.41, 5.74) is 9.28. The van der Waals surface area contributed by atoms with Crippen LogP contribution in [0.1, 0.15) is 49.7 Å². The minimum absolute atomic E-state index is 0.145. The van der Waals surface area contributed by atoms with Crippen LogP contribution in [0.5, 0.6) is 0 Å². The van der Waals surface area contributed by atoms with E-state index in [9.17, 15) is 8.78 Å². The quantitative estimate of drug-likeness (QED) is 0.373. The molecule has 1 aliphatic carbocycles. The Hall–Kier alpha value is -3.43. The molecule has 0 amide bonds. The van der Waals surface area contributed by atoms with Crippen molar-refractivity contribution in [2.24, 2.45) is 5.73 Å². The largest absolute Gasteiger partial charge is 0.377 e. The molecule has 0 saturated heterocycles. The molecule has 0 radical (unpaired) electrons. The molecule has 0 spiro atoms. The number of aromatic nitrogens is 4. The van der Waals surface area contributed by atoms with Crippen LogP contribution in [-0.2, 0) is 11.3 Å². The van der Waals surface area contributed by atoms with Gasteiger partial charge >= 0.3 is 0 Å². The van der Waals surface area contributed by atoms with E-state index in [-0.39, 0.29) is 23.9 Å². The highest BCUT2D eigenvalue weighted by Crippen LogP contribution is 2.36. The normalized spacial score (nSPS) is 18.2. The summed E-state index contributed by atoms with van der Waals surface area (Å²) in [7, 11) is 0. The number of ether oxygens (including phenoxy) is 1. The summed E-state index contributed by atoms with van der Waals surface area (Å²) in [6, 6.07) is 8.08. The first-order chi connectivity index (χ1) is 17.0. The average molecular weight is 479 g/mol. The standard InChI is InChI=1S/C26H28F2N6O/c1-2-35-15-16-10-21(27)25(22(28)11-16)23-7-6-19-13-31-26(34(19)33-23)32-24-14-30-9-8-20(24)17-4-3-5-18(29)12-17/h6-11,13-14,17-18H,2-5,12,15,29H2,1H3,(H,31,32). The molecule has 35 heavy (non-hydrogen) atoms. The van der Waals surface area contributed by atoms with Crippen LogP contribution in [0, 0.1) is 11.6 Å². The number of halogens is 2. The lowest BCUT2D eigenvalue weighted by molar-refractivity contribution is 0.133. The monoisotopic (exact) mass is 478 g/mol. The summed E-state index contributed by atoms with van der Waals surface area (Å²) in [4.78, 5) is 8.73. The van der Waals surface area contributed by atoms with Gasteiger partial charge in [-0.1, -0.05) is 6.42 Å². The zero-order valence-corrected chi connectivity index (χ0v) is 19.5. The molecule has 1 fully saturated rings. The number of hydrogen-bond acceptors (Lipinski definition) is 6. The molecule has 1 saturated carbocycles. The zero-order chi connectivity index (χ0) is 24.4. The van der Waals surface area contributed by atoms with Gasteiger partial charge in [-0.15, -0.1) is 0 Å². The van der Waals surface area contributed by atoms with Gasteiger partial charge < -0.3 is 15.8 Å². The second-order valence-corrected chi connectivity index (χ2v) is 8.92. The maximum Gasteiger partial charge on any atom is 0.229 e. The number of anilines is 2. The summed E-state index contributed by atoms with van der Waals surface area (Å²) in [6.07, 6.45) is 9.31. The van der Waals surface area contributed by atoms with Crippen LogP contribution in [0.25, 0.3) is 16.8 Å². The molecule has 1 aliphatic rings. The van der Waals surface area contributed by atoms with Crippen molar-refractivity contribution in [3.8, 4) is 11.3 Å². The van der Waals surface area contributed by atoms with Crippen molar-refractivity contribution >= 4 is 17.2 Å². The molecular weight excluding hydrogens is 450 g/mol. The maximum absolute atomic E-state index is 14.9. The zero-order valence-electron chi connectivity index (χ0n) is 19.5. The van der Waals surface area contributed by atoms with Crippen LogP contribution < -0.4 is 11.1 Å². The lowest BCUT2D eigenvalue weighted by Crippen LogP contribution is -2.27. The van der Waals surface area contributed by atoms with Crippen molar-refractivity contribution in [1.29, 1.82) is 0 Å². The predicted octanol–water partition coefficient (Wildman–Crippen LogP) is 5.33. The Balaban J connectivity index is 1.48. The maximum atomic E-state index is 14.9. The molecule has 5 rings (SSSR count). The summed E-state index contributed by atoms with van der Waals surface area (Å²) < 4.78 is 36.6. The molecule has 2 atom stereocenters. The van der Waals surface area contributed by atoms with E-state index in [1.54, 1.807) is 35.2 Å². The van der Waals surface area contributed by atoms with E-state index >= 15 is 0 Å². The highest BCUT2D eigenvalue weighted by molar-refractivity contribution is 5.66. The lowest BCUT2D eigenvalue weighted by atomic mass is 9.81. The first-order valence-electron chi connectivity index (χ1n) is 11.9. The number of nitrogens with one attached hydrogen (secondary N) is 1. The van der Waals surface area contributed by atoms with E-state index in [0.29, 0.717) is 29.6 Å². The lowest BCUT2D eigenvalue weighted by Gasteiger charge is -2.28. The van der Waals surface area contributed by atoms with Crippen LogP contribution in [0.4, 0.5) is 20.4 Å². The van der Waals surface area contributed by atoms with E-state index in [2.05, 4.69) is 20.4 Å². The average Bonchev–Trinajstić information content (AvgIpc) is 3.25. The smallest absolute Gasteiger partial charge is 0.229 e. The Morgan fingerprint density at radius 2 is 1.97 bits per heavy atom. The predicted molar refractivity (Wildman–Crippen MR) is 130 cm³/mol. The van der Waals surface area contributed by atoms with E-state index in [4.69, 9.17) is 10.5 Å². The van der Waals surface area contributed by atoms with E-state index < -0.39 is 11.6 Å². The van der Waals surface area contributed by atoms with Crippen molar-refractivity contribution in [2.75, 3.05) is 11.9 Å². The Bertz CT molecular complexity index is 1320. The summed E-state index contributed by atoms with van der Waals surface area (Å²) in [5, 5.41) is 7.84. The van der Waals surface area contributed by atoms with Gasteiger partial charge in [0.15, 0.2) is 0 Å². The number of pyridine rings is 1. The van der Waals surface area contributed by atoms with Gasteiger partial charge in [-0.2, -0.15) is 9.61 Å². The van der Waals surface area contributed by atoms with Crippen LogP contribution in [0.3, 0.4) is 0 Å². The Labute approximate surface area is 202 Å². The topological polar surface area (TPSA) is 90.4 Å². The number of rotatable bonds is 7. The van der Waals surface area contributed by atoms with Crippen molar-refractivity contribution < 1.29 is 13.5 Å². The van der Waals surface area contributed by atoms with Gasteiger partial charge in [0.2, 0.25) is 5.95 Å². The second-order valence-electron chi connectivity index (χ2n) is 8.92. The molecule has 9 heteroatoms. The van der Waals surface area contributed by atoms with Crippen molar-refractivity contribution in [1.82, 2.24) is 19.6 Å². The third-order valence-corrected chi connectivity index (χ3v) is 6.47. The molecule has 3 aromatic heterocycles. The first-order valence-corrected chi connectivity index (χ1v) is 11.9. The molecular formula is C26H28F2N6O. The van der Waals surface area contributed by atoms with Crippen molar-refractivity contribution in [3.05, 3.63) is 71.7 Å². The molecule has 4 aromatic rings. The Morgan fingerprint density at radius 1 is 1.14 bits per heavy atom. The minimum Gasteiger partial charge on any atom is -0.377 e. The molecule has 182 valence electrons. The van der Waals surface area contributed by atoms with Crippen LogP contribution in [-0.4, -0.2) is 32.2 Å². The van der Waals surface area contributed by atoms with Crippen LogP contribution >= 0.6 is 0 Å². The van der Waals surface area contributed by atoms with Gasteiger partial charge in [0.05, 0.1) is 41.5 Å². The molecule has 3 heterocycles. The third kappa shape index (κ3) is 4.87. The summed E-state index contributed by atoms with van der Waals surface area (Å²) in [5.74, 6) is -0.615. The Morgan fingerprint density at radius 3 is 2.74 bits per heavy atom. The van der Waals surface area contributed by atoms with Gasteiger partial charge in [0, 0.05) is 18.8 Å². The highest BCUT2D eigenvalue weighted by Gasteiger charge is 2.23. The number of nitrogens with two attached hydrogens (primary N) is 1. The molecule has 0 aliphatic heterocycles.